The van der Waals surface area contributed by atoms with Gasteiger partial charge in [0, 0.05) is 24.2 Å². The van der Waals surface area contributed by atoms with Crippen molar-refractivity contribution in [2.24, 2.45) is 0 Å². The van der Waals surface area contributed by atoms with Crippen LogP contribution in [0.25, 0.3) is 0 Å². The number of benzene rings is 1. The summed E-state index contributed by atoms with van der Waals surface area (Å²) >= 11 is 0. The highest BCUT2D eigenvalue weighted by Crippen LogP contribution is 2.24. The summed E-state index contributed by atoms with van der Waals surface area (Å²) in [6.45, 7) is 3.52. The quantitative estimate of drug-likeness (QED) is 0.451. The predicted molar refractivity (Wildman–Crippen MR) is 73.7 cm³/mol. The Bertz CT molecular complexity index is 586. The van der Waals surface area contributed by atoms with Gasteiger partial charge < -0.3 is 14.6 Å². The summed E-state index contributed by atoms with van der Waals surface area (Å²) in [4.78, 5) is 14.3. The van der Waals surface area contributed by atoms with Gasteiger partial charge in [-0.25, -0.2) is 0 Å². The Balaban J connectivity index is 2.11. The van der Waals surface area contributed by atoms with E-state index in [4.69, 9.17) is 4.74 Å². The molecule has 1 N–H and O–H groups in total. The molecule has 112 valence electrons. The average Bonchev–Trinajstić information content (AvgIpc) is 2.99. The van der Waals surface area contributed by atoms with Gasteiger partial charge in [-0.05, 0) is 19.0 Å². The van der Waals surface area contributed by atoms with Crippen LogP contribution in [0.15, 0.2) is 29.1 Å². The third-order valence-electron chi connectivity index (χ3n) is 2.76. The van der Waals surface area contributed by atoms with Gasteiger partial charge in [0.05, 0.1) is 4.92 Å². The Labute approximate surface area is 121 Å². The minimum Gasteiger partial charge on any atom is -0.485 e. The Kier molecular flexibility index (Phi) is 5.22. The monoisotopic (exact) mass is 292 g/mol. The third kappa shape index (κ3) is 4.25. The Morgan fingerprint density at radius 1 is 1.48 bits per heavy atom. The van der Waals surface area contributed by atoms with Crippen molar-refractivity contribution >= 4 is 5.69 Å². The number of nitrogens with zero attached hydrogens (tertiary/aromatic N) is 3. The minimum absolute atomic E-state index is 0.0372. The molecule has 0 saturated carbocycles. The number of hydrogen-bond acceptors (Lipinski definition) is 7. The third-order valence-corrected chi connectivity index (χ3v) is 2.76. The van der Waals surface area contributed by atoms with Crippen LogP contribution in [0.3, 0.4) is 0 Å². The van der Waals surface area contributed by atoms with Gasteiger partial charge in [0.2, 0.25) is 12.2 Å². The van der Waals surface area contributed by atoms with Crippen molar-refractivity contribution in [3.8, 4) is 5.75 Å². The second-order valence-electron chi connectivity index (χ2n) is 4.36. The lowest BCUT2D eigenvalue weighted by Crippen LogP contribution is -2.15. The molecule has 2 aromatic rings. The van der Waals surface area contributed by atoms with Gasteiger partial charge in [0.1, 0.15) is 5.75 Å². The van der Waals surface area contributed by atoms with E-state index < -0.39 is 4.92 Å². The SMILES string of the molecule is CCCNCc1cc([N+](=O)[O-])ccc1OCc1ncon1. The minimum atomic E-state index is -0.424. The Hall–Kier alpha value is -2.48. The zero-order valence-corrected chi connectivity index (χ0v) is 11.6. The summed E-state index contributed by atoms with van der Waals surface area (Å²) in [5.41, 5.74) is 0.761. The average molecular weight is 292 g/mol. The molecule has 1 aromatic heterocycles. The summed E-state index contributed by atoms with van der Waals surface area (Å²) in [7, 11) is 0. The van der Waals surface area contributed by atoms with Crippen LogP contribution in [0.4, 0.5) is 5.69 Å². The molecule has 0 aliphatic carbocycles. The van der Waals surface area contributed by atoms with Gasteiger partial charge in [-0.3, -0.25) is 10.1 Å². The van der Waals surface area contributed by atoms with Gasteiger partial charge >= 0.3 is 0 Å². The van der Waals surface area contributed by atoms with Crippen molar-refractivity contribution in [3.05, 3.63) is 46.1 Å². The van der Waals surface area contributed by atoms with Crippen LogP contribution in [0.5, 0.6) is 5.75 Å². The molecule has 21 heavy (non-hydrogen) atoms. The van der Waals surface area contributed by atoms with E-state index in [0.717, 1.165) is 18.5 Å². The van der Waals surface area contributed by atoms with Crippen LogP contribution in [-0.4, -0.2) is 21.6 Å². The van der Waals surface area contributed by atoms with Crippen molar-refractivity contribution in [1.82, 2.24) is 15.5 Å². The van der Waals surface area contributed by atoms with Crippen LogP contribution in [0.1, 0.15) is 24.7 Å². The largest absolute Gasteiger partial charge is 0.485 e. The van der Waals surface area contributed by atoms with Gasteiger partial charge in [0.15, 0.2) is 6.61 Å². The van der Waals surface area contributed by atoms with Crippen molar-refractivity contribution in [1.29, 1.82) is 0 Å². The lowest BCUT2D eigenvalue weighted by molar-refractivity contribution is -0.384. The summed E-state index contributed by atoms with van der Waals surface area (Å²) in [5.74, 6) is 0.981. The molecular weight excluding hydrogens is 276 g/mol. The van der Waals surface area contributed by atoms with Gasteiger partial charge in [-0.1, -0.05) is 12.1 Å². The van der Waals surface area contributed by atoms with Gasteiger partial charge in [0.25, 0.3) is 5.69 Å². The molecule has 0 unspecified atom stereocenters. The van der Waals surface area contributed by atoms with Crippen molar-refractivity contribution in [3.63, 3.8) is 0 Å². The number of nitro benzene ring substituents is 1. The first kappa shape index (κ1) is 14.9. The molecule has 1 aromatic carbocycles. The van der Waals surface area contributed by atoms with Crippen LogP contribution in [0, 0.1) is 10.1 Å². The van der Waals surface area contributed by atoms with E-state index in [0.29, 0.717) is 18.1 Å². The normalized spacial score (nSPS) is 10.5. The van der Waals surface area contributed by atoms with Crippen LogP contribution < -0.4 is 10.1 Å². The highest BCUT2D eigenvalue weighted by atomic mass is 16.6. The predicted octanol–water partition coefficient (Wildman–Crippen LogP) is 2.06. The fraction of sp³-hybridized carbons (Fsp3) is 0.385. The van der Waals surface area contributed by atoms with E-state index in [9.17, 15) is 10.1 Å². The molecule has 0 bridgehead atoms. The zero-order chi connectivity index (χ0) is 15.1. The smallest absolute Gasteiger partial charge is 0.270 e. The summed E-state index contributed by atoms with van der Waals surface area (Å²) in [5, 5.41) is 17.7. The lowest BCUT2D eigenvalue weighted by Gasteiger charge is -2.10. The first-order chi connectivity index (χ1) is 10.2. The summed E-state index contributed by atoms with van der Waals surface area (Å²) < 4.78 is 10.2. The molecule has 0 amide bonds. The van der Waals surface area contributed by atoms with Crippen LogP contribution >= 0.6 is 0 Å². The van der Waals surface area contributed by atoms with E-state index in [1.807, 2.05) is 6.92 Å². The number of rotatable bonds is 8. The molecule has 0 saturated heterocycles. The summed E-state index contributed by atoms with van der Waals surface area (Å²) in [6.07, 6.45) is 2.20. The molecule has 0 fully saturated rings. The molecule has 8 nitrogen and oxygen atoms in total. The second kappa shape index (κ2) is 7.34. The maximum atomic E-state index is 10.9. The molecule has 0 aliphatic rings. The van der Waals surface area contributed by atoms with E-state index in [2.05, 4.69) is 20.0 Å². The van der Waals surface area contributed by atoms with Gasteiger partial charge in [-0.15, -0.1) is 0 Å². The van der Waals surface area contributed by atoms with E-state index in [-0.39, 0.29) is 12.3 Å². The number of hydrogen-bond donors (Lipinski definition) is 1. The molecule has 0 radical (unpaired) electrons. The molecule has 0 spiro atoms. The molecular formula is C13H16N4O4. The van der Waals surface area contributed by atoms with E-state index in [1.165, 1.54) is 18.5 Å². The van der Waals surface area contributed by atoms with Crippen molar-refractivity contribution < 1.29 is 14.2 Å². The summed E-state index contributed by atoms with van der Waals surface area (Å²) in [6, 6.07) is 4.50. The number of ether oxygens (including phenoxy) is 1. The molecule has 0 aliphatic heterocycles. The maximum Gasteiger partial charge on any atom is 0.270 e. The second-order valence-corrected chi connectivity index (χ2v) is 4.36. The number of aromatic nitrogens is 2. The van der Waals surface area contributed by atoms with Crippen molar-refractivity contribution in [2.75, 3.05) is 6.54 Å². The lowest BCUT2D eigenvalue weighted by atomic mass is 10.1. The van der Waals surface area contributed by atoms with E-state index in [1.54, 1.807) is 6.07 Å². The Morgan fingerprint density at radius 2 is 2.33 bits per heavy atom. The Morgan fingerprint density at radius 3 is 3.00 bits per heavy atom. The standard InChI is InChI=1S/C13H16N4O4/c1-2-5-14-7-10-6-11(17(18)19)3-4-12(10)20-8-13-15-9-21-16-13/h3-4,6,9,14H,2,5,7-8H2,1H3. The fourth-order valence-corrected chi connectivity index (χ4v) is 1.76. The molecule has 2 rings (SSSR count). The van der Waals surface area contributed by atoms with E-state index >= 15 is 0 Å². The number of nitro groups is 1. The fourth-order valence-electron chi connectivity index (χ4n) is 1.76. The van der Waals surface area contributed by atoms with Crippen LogP contribution in [-0.2, 0) is 13.2 Å². The van der Waals surface area contributed by atoms with Crippen LogP contribution in [0.2, 0.25) is 0 Å². The highest BCUT2D eigenvalue weighted by Gasteiger charge is 2.12. The van der Waals surface area contributed by atoms with Crippen molar-refractivity contribution in [2.45, 2.75) is 26.5 Å². The first-order valence-corrected chi connectivity index (χ1v) is 6.56. The van der Waals surface area contributed by atoms with Gasteiger partial charge in [-0.2, -0.15) is 4.98 Å². The first-order valence-electron chi connectivity index (χ1n) is 6.56. The number of non-ortho nitro benzene ring substituents is 1. The zero-order valence-electron chi connectivity index (χ0n) is 11.6. The topological polar surface area (TPSA) is 103 Å². The highest BCUT2D eigenvalue weighted by molar-refractivity contribution is 5.43. The molecule has 8 heteroatoms. The maximum absolute atomic E-state index is 10.9. The molecule has 1 heterocycles. The number of nitrogens with one attached hydrogen (secondary N) is 1. The molecule has 0 atom stereocenters.